The molecule has 2 N–H and O–H groups in total. The van der Waals surface area contributed by atoms with Gasteiger partial charge in [-0.25, -0.2) is 13.1 Å². The molecule has 0 spiro atoms. The van der Waals surface area contributed by atoms with E-state index in [4.69, 9.17) is 0 Å². The molecule has 0 saturated carbocycles. The maximum atomic E-state index is 12.5. The Morgan fingerprint density at radius 1 is 1.14 bits per heavy atom. The van der Waals surface area contributed by atoms with Crippen molar-refractivity contribution >= 4 is 10.0 Å². The monoisotopic (exact) mass is 313 g/mol. The first kappa shape index (κ1) is 18.1. The van der Waals surface area contributed by atoms with E-state index in [1.54, 1.807) is 13.0 Å². The fourth-order valence-electron chi connectivity index (χ4n) is 2.24. The van der Waals surface area contributed by atoms with Gasteiger partial charge in [0.2, 0.25) is 10.0 Å². The van der Waals surface area contributed by atoms with Crippen molar-refractivity contribution in [3.63, 3.8) is 0 Å². The molecule has 1 unspecified atom stereocenters. The molecule has 120 valence electrons. The van der Waals surface area contributed by atoms with Gasteiger partial charge in [-0.05, 0) is 62.3 Å². The van der Waals surface area contributed by atoms with Crippen molar-refractivity contribution in [2.45, 2.75) is 65.0 Å². The van der Waals surface area contributed by atoms with Gasteiger partial charge in [0.15, 0.2) is 0 Å². The molecule has 4 nitrogen and oxygen atoms in total. The molecular formula is C16H27NO3S. The predicted octanol–water partition coefficient (Wildman–Crippen LogP) is 2.90. The van der Waals surface area contributed by atoms with Gasteiger partial charge >= 0.3 is 0 Å². The predicted molar refractivity (Wildman–Crippen MR) is 85.7 cm³/mol. The van der Waals surface area contributed by atoms with E-state index in [1.165, 1.54) is 0 Å². The molecule has 0 aliphatic carbocycles. The van der Waals surface area contributed by atoms with Crippen LogP contribution in [0, 0.1) is 19.8 Å². The van der Waals surface area contributed by atoms with E-state index in [-0.39, 0.29) is 17.5 Å². The number of rotatable bonds is 7. The first-order valence-electron chi connectivity index (χ1n) is 7.40. The molecule has 0 bridgehead atoms. The Labute approximate surface area is 128 Å². The number of aliphatic hydroxyl groups is 1. The zero-order valence-electron chi connectivity index (χ0n) is 13.6. The third kappa shape index (κ3) is 5.09. The van der Waals surface area contributed by atoms with Gasteiger partial charge in [0.05, 0.1) is 11.5 Å². The minimum Gasteiger partial charge on any atom is -0.392 e. The molecule has 0 amide bonds. The van der Waals surface area contributed by atoms with Crippen LogP contribution in [0.4, 0.5) is 0 Å². The smallest absolute Gasteiger partial charge is 0.241 e. The Kier molecular flexibility index (Phi) is 6.38. The fraction of sp³-hybridized carbons (Fsp3) is 0.625. The lowest BCUT2D eigenvalue weighted by Gasteiger charge is -2.18. The van der Waals surface area contributed by atoms with Crippen LogP contribution in [0.1, 0.15) is 50.3 Å². The van der Waals surface area contributed by atoms with Gasteiger partial charge in [-0.15, -0.1) is 0 Å². The van der Waals surface area contributed by atoms with Crippen LogP contribution in [0.15, 0.2) is 17.0 Å². The third-order valence-electron chi connectivity index (χ3n) is 3.68. The number of nitrogens with one attached hydrogen (secondary N) is 1. The summed E-state index contributed by atoms with van der Waals surface area (Å²) < 4.78 is 27.8. The van der Waals surface area contributed by atoms with Gasteiger partial charge in [-0.1, -0.05) is 19.9 Å². The number of hydrogen-bond acceptors (Lipinski definition) is 3. The van der Waals surface area contributed by atoms with Crippen molar-refractivity contribution in [3.8, 4) is 0 Å². The van der Waals surface area contributed by atoms with Gasteiger partial charge in [-0.3, -0.25) is 0 Å². The topological polar surface area (TPSA) is 66.4 Å². The highest BCUT2D eigenvalue weighted by molar-refractivity contribution is 7.89. The van der Waals surface area contributed by atoms with Crippen LogP contribution in [-0.2, 0) is 16.6 Å². The first-order valence-corrected chi connectivity index (χ1v) is 8.89. The molecule has 1 rings (SSSR count). The summed E-state index contributed by atoms with van der Waals surface area (Å²) in [5.41, 5.74) is 2.22. The maximum Gasteiger partial charge on any atom is 0.241 e. The lowest BCUT2D eigenvalue weighted by Crippen LogP contribution is -2.33. The number of aliphatic hydroxyl groups excluding tert-OH is 1. The number of sulfonamides is 1. The molecule has 0 heterocycles. The van der Waals surface area contributed by atoms with Crippen LogP contribution >= 0.6 is 0 Å². The average Bonchev–Trinajstić information content (AvgIpc) is 2.38. The second-order valence-electron chi connectivity index (χ2n) is 6.19. The van der Waals surface area contributed by atoms with Crippen LogP contribution in [0.5, 0.6) is 0 Å². The summed E-state index contributed by atoms with van der Waals surface area (Å²) in [7, 11) is -3.55. The Balaban J connectivity index is 3.00. The Morgan fingerprint density at radius 3 is 2.29 bits per heavy atom. The number of aryl methyl sites for hydroxylation is 1. The van der Waals surface area contributed by atoms with Gasteiger partial charge in [0.1, 0.15) is 0 Å². The highest BCUT2D eigenvalue weighted by Crippen LogP contribution is 2.22. The van der Waals surface area contributed by atoms with Gasteiger partial charge < -0.3 is 5.11 Å². The molecule has 0 radical (unpaired) electrons. The van der Waals surface area contributed by atoms with E-state index >= 15 is 0 Å². The maximum absolute atomic E-state index is 12.5. The summed E-state index contributed by atoms with van der Waals surface area (Å²) in [5, 5.41) is 9.26. The summed E-state index contributed by atoms with van der Waals surface area (Å²) in [6.45, 7) is 9.63. The Morgan fingerprint density at radius 2 is 1.76 bits per heavy atom. The van der Waals surface area contributed by atoms with Crippen LogP contribution in [0.3, 0.4) is 0 Å². The van der Waals surface area contributed by atoms with Crippen LogP contribution in [0.2, 0.25) is 0 Å². The minimum atomic E-state index is -3.55. The summed E-state index contributed by atoms with van der Waals surface area (Å²) in [6.07, 6.45) is 1.80. The highest BCUT2D eigenvalue weighted by atomic mass is 32.2. The largest absolute Gasteiger partial charge is 0.392 e. The van der Waals surface area contributed by atoms with E-state index < -0.39 is 10.0 Å². The quantitative estimate of drug-likeness (QED) is 0.813. The number of hydrogen-bond donors (Lipinski definition) is 2. The summed E-state index contributed by atoms with van der Waals surface area (Å²) in [6, 6.07) is 3.27. The van der Waals surface area contributed by atoms with Gasteiger partial charge in [-0.2, -0.15) is 0 Å². The lowest BCUT2D eigenvalue weighted by atomic mass is 10.1. The van der Waals surface area contributed by atoms with Crippen molar-refractivity contribution in [1.29, 1.82) is 0 Å². The summed E-state index contributed by atoms with van der Waals surface area (Å²) in [4.78, 5) is 0.267. The lowest BCUT2D eigenvalue weighted by molar-refractivity contribution is 0.281. The molecular weight excluding hydrogens is 286 g/mol. The van der Waals surface area contributed by atoms with E-state index in [1.807, 2.05) is 19.9 Å². The van der Waals surface area contributed by atoms with Crippen LogP contribution in [-0.4, -0.2) is 19.6 Å². The van der Waals surface area contributed by atoms with Crippen molar-refractivity contribution in [1.82, 2.24) is 4.72 Å². The highest BCUT2D eigenvalue weighted by Gasteiger charge is 2.21. The molecule has 0 aromatic heterocycles. The van der Waals surface area contributed by atoms with E-state index in [0.717, 1.165) is 24.0 Å². The second kappa shape index (κ2) is 7.38. The van der Waals surface area contributed by atoms with Gasteiger partial charge in [0.25, 0.3) is 0 Å². The minimum absolute atomic E-state index is 0.102. The Bertz CT molecular complexity index is 579. The molecule has 1 aromatic rings. The molecule has 0 fully saturated rings. The molecule has 1 aromatic carbocycles. The van der Waals surface area contributed by atoms with Crippen LogP contribution < -0.4 is 4.72 Å². The molecule has 0 aliphatic rings. The van der Waals surface area contributed by atoms with Crippen molar-refractivity contribution in [2.24, 2.45) is 5.92 Å². The van der Waals surface area contributed by atoms with Crippen LogP contribution in [0.25, 0.3) is 0 Å². The first-order chi connectivity index (χ1) is 9.67. The second-order valence-corrected chi connectivity index (χ2v) is 7.87. The molecule has 1 atom stereocenters. The summed E-state index contributed by atoms with van der Waals surface area (Å²) in [5.74, 6) is 0.554. The van der Waals surface area contributed by atoms with E-state index in [9.17, 15) is 13.5 Å². The standard InChI is InChI=1S/C16H27NO3S/c1-11(2)6-7-13(4)17-21(19,20)16-9-15(10-18)8-12(3)14(16)5/h8-9,11,13,17-18H,6-7,10H2,1-5H3. The molecule has 0 aliphatic heterocycles. The zero-order chi connectivity index (χ0) is 16.2. The zero-order valence-corrected chi connectivity index (χ0v) is 14.4. The van der Waals surface area contributed by atoms with E-state index in [2.05, 4.69) is 18.6 Å². The normalized spacial score (nSPS) is 13.7. The fourth-order valence-corrected chi connectivity index (χ4v) is 3.89. The summed E-state index contributed by atoms with van der Waals surface area (Å²) >= 11 is 0. The molecule has 21 heavy (non-hydrogen) atoms. The van der Waals surface area contributed by atoms with Crippen molar-refractivity contribution in [3.05, 3.63) is 28.8 Å². The van der Waals surface area contributed by atoms with Gasteiger partial charge in [0, 0.05) is 6.04 Å². The molecule has 0 saturated heterocycles. The van der Waals surface area contributed by atoms with Crippen molar-refractivity contribution in [2.75, 3.05) is 0 Å². The SMILES string of the molecule is Cc1cc(CO)cc(S(=O)(=O)NC(C)CCC(C)C)c1C. The van der Waals surface area contributed by atoms with Crippen molar-refractivity contribution < 1.29 is 13.5 Å². The molecule has 5 heteroatoms. The van der Waals surface area contributed by atoms with E-state index in [0.29, 0.717) is 11.5 Å². The Hall–Kier alpha value is -0.910. The average molecular weight is 313 g/mol. The number of benzene rings is 1. The third-order valence-corrected chi connectivity index (χ3v) is 5.40.